The highest BCUT2D eigenvalue weighted by Crippen LogP contribution is 2.37. The first-order valence-corrected chi connectivity index (χ1v) is 12.5. The van der Waals surface area contributed by atoms with Gasteiger partial charge in [0, 0.05) is 52.7 Å². The number of anilines is 2. The molecule has 0 saturated heterocycles. The number of H-pyrrole nitrogens is 1. The molecular formula is C25H24N4S2. The van der Waals surface area contributed by atoms with E-state index in [1.54, 1.807) is 11.3 Å². The lowest BCUT2D eigenvalue weighted by Crippen LogP contribution is -2.16. The summed E-state index contributed by atoms with van der Waals surface area (Å²) in [6.45, 7) is 1.95. The number of hydrogen-bond donors (Lipinski definition) is 3. The molecule has 2 aromatic carbocycles. The van der Waals surface area contributed by atoms with Gasteiger partial charge in [-0.25, -0.2) is 0 Å². The lowest BCUT2D eigenvalue weighted by atomic mass is 10.1. The zero-order valence-corrected chi connectivity index (χ0v) is 18.9. The van der Waals surface area contributed by atoms with E-state index in [4.69, 9.17) is 0 Å². The van der Waals surface area contributed by atoms with E-state index in [-0.39, 0.29) is 0 Å². The normalized spacial score (nSPS) is 11.4. The second-order valence-electron chi connectivity index (χ2n) is 7.45. The summed E-state index contributed by atoms with van der Waals surface area (Å²) in [6, 6.07) is 21.5. The van der Waals surface area contributed by atoms with Gasteiger partial charge in [-0.1, -0.05) is 24.3 Å². The Hall–Kier alpha value is -2.80. The van der Waals surface area contributed by atoms with Crippen LogP contribution in [0.3, 0.4) is 0 Å². The van der Waals surface area contributed by atoms with Gasteiger partial charge in [-0.2, -0.15) is 11.8 Å². The molecule has 156 valence electrons. The van der Waals surface area contributed by atoms with Crippen LogP contribution in [0.15, 0.2) is 73.1 Å². The molecular weight excluding hydrogens is 420 g/mol. The largest absolute Gasteiger partial charge is 0.361 e. The lowest BCUT2D eigenvalue weighted by Gasteiger charge is -2.07. The van der Waals surface area contributed by atoms with Crippen molar-refractivity contribution in [3.63, 3.8) is 0 Å². The van der Waals surface area contributed by atoms with E-state index >= 15 is 0 Å². The van der Waals surface area contributed by atoms with E-state index in [9.17, 15) is 0 Å². The molecule has 0 atom stereocenters. The first-order valence-electron chi connectivity index (χ1n) is 10.3. The van der Waals surface area contributed by atoms with Gasteiger partial charge in [0.05, 0.1) is 15.9 Å². The van der Waals surface area contributed by atoms with Crippen LogP contribution >= 0.6 is 23.1 Å². The summed E-state index contributed by atoms with van der Waals surface area (Å²) in [5.74, 6) is 1.14. The van der Waals surface area contributed by atoms with Gasteiger partial charge in [-0.15, -0.1) is 11.3 Å². The number of aromatic amines is 1. The third kappa shape index (κ3) is 4.46. The van der Waals surface area contributed by atoms with Crippen LogP contribution in [0.5, 0.6) is 0 Å². The molecule has 31 heavy (non-hydrogen) atoms. The number of aromatic nitrogens is 2. The fourth-order valence-corrected chi connectivity index (χ4v) is 5.10. The van der Waals surface area contributed by atoms with E-state index in [0.717, 1.165) is 41.3 Å². The maximum absolute atomic E-state index is 4.60. The van der Waals surface area contributed by atoms with E-state index in [1.807, 2.05) is 30.2 Å². The van der Waals surface area contributed by atoms with Crippen LogP contribution in [-0.4, -0.2) is 28.5 Å². The number of fused-ring (bicyclic) bond motifs is 2. The van der Waals surface area contributed by atoms with E-state index in [1.165, 1.54) is 26.1 Å². The van der Waals surface area contributed by atoms with Crippen molar-refractivity contribution in [3.05, 3.63) is 78.6 Å². The van der Waals surface area contributed by atoms with Crippen LogP contribution in [0.1, 0.15) is 5.56 Å². The van der Waals surface area contributed by atoms with Gasteiger partial charge in [0.25, 0.3) is 0 Å². The van der Waals surface area contributed by atoms with Gasteiger partial charge in [0.1, 0.15) is 0 Å². The number of pyridine rings is 1. The summed E-state index contributed by atoms with van der Waals surface area (Å²) < 4.78 is 1.18. The second kappa shape index (κ2) is 9.14. The third-order valence-corrected chi connectivity index (χ3v) is 7.11. The van der Waals surface area contributed by atoms with Gasteiger partial charge < -0.3 is 15.6 Å². The van der Waals surface area contributed by atoms with Crippen molar-refractivity contribution in [2.75, 3.05) is 23.9 Å². The molecule has 4 nitrogen and oxygen atoms in total. The topological polar surface area (TPSA) is 52.7 Å². The molecule has 6 heteroatoms. The molecule has 0 aliphatic carbocycles. The summed E-state index contributed by atoms with van der Waals surface area (Å²) in [7, 11) is 0. The van der Waals surface area contributed by atoms with Crippen LogP contribution in [0.25, 0.3) is 31.6 Å². The van der Waals surface area contributed by atoms with Crippen molar-refractivity contribution in [1.29, 1.82) is 0 Å². The number of hydrogen-bond acceptors (Lipinski definition) is 5. The van der Waals surface area contributed by atoms with Crippen molar-refractivity contribution in [1.82, 2.24) is 15.3 Å². The Morgan fingerprint density at radius 3 is 2.81 bits per heavy atom. The van der Waals surface area contributed by atoms with Crippen LogP contribution < -0.4 is 10.6 Å². The Morgan fingerprint density at radius 1 is 1.03 bits per heavy atom. The Labute approximate surface area is 190 Å². The second-order valence-corrected chi connectivity index (χ2v) is 9.49. The molecule has 0 bridgehead atoms. The monoisotopic (exact) mass is 444 g/mol. The van der Waals surface area contributed by atoms with Crippen molar-refractivity contribution < 1.29 is 0 Å². The van der Waals surface area contributed by atoms with E-state index < -0.39 is 0 Å². The maximum Gasteiger partial charge on any atom is 0.0837 e. The molecule has 3 N–H and O–H groups in total. The van der Waals surface area contributed by atoms with Crippen LogP contribution in [0.4, 0.5) is 11.4 Å². The predicted molar refractivity (Wildman–Crippen MR) is 137 cm³/mol. The molecule has 3 aromatic heterocycles. The molecule has 5 aromatic rings. The molecule has 0 fully saturated rings. The molecule has 0 spiro atoms. The minimum Gasteiger partial charge on any atom is -0.361 e. The standard InChI is InChI=1S/C25H24N4S2/c1-30-13-12-26-16-17-2-4-18(5-3-17)24-15-23-25(31-24)22(9-11-28-23)29-20-6-7-21-19(14-20)8-10-27-21/h2-11,14-15,26-27H,12-13,16H2,1H3,(H,28,29). The van der Waals surface area contributed by atoms with Crippen LogP contribution in [0, 0.1) is 0 Å². The highest BCUT2D eigenvalue weighted by atomic mass is 32.2. The van der Waals surface area contributed by atoms with Gasteiger partial charge in [0.2, 0.25) is 0 Å². The van der Waals surface area contributed by atoms with Crippen molar-refractivity contribution in [2.24, 2.45) is 0 Å². The fraction of sp³-hybridized carbons (Fsp3) is 0.160. The molecule has 0 aliphatic heterocycles. The van der Waals surface area contributed by atoms with E-state index in [2.05, 4.69) is 81.5 Å². The Bertz CT molecular complexity index is 1300. The van der Waals surface area contributed by atoms with Crippen molar-refractivity contribution in [2.45, 2.75) is 6.54 Å². The molecule has 0 unspecified atom stereocenters. The Kier molecular flexibility index (Phi) is 5.93. The lowest BCUT2D eigenvalue weighted by molar-refractivity contribution is 0.732. The summed E-state index contributed by atoms with van der Waals surface area (Å²) in [5, 5.41) is 8.27. The molecule has 0 aliphatic rings. The fourth-order valence-electron chi connectivity index (χ4n) is 3.66. The summed E-state index contributed by atoms with van der Waals surface area (Å²) in [4.78, 5) is 9.08. The minimum atomic E-state index is 0.911. The number of nitrogens with one attached hydrogen (secondary N) is 3. The highest BCUT2D eigenvalue weighted by molar-refractivity contribution is 7.98. The summed E-state index contributed by atoms with van der Waals surface area (Å²) in [5.41, 5.74) is 6.88. The van der Waals surface area contributed by atoms with Crippen LogP contribution in [0.2, 0.25) is 0 Å². The number of thiophene rings is 1. The predicted octanol–water partition coefficient (Wildman–Crippen LogP) is 6.64. The molecule has 0 saturated carbocycles. The molecule has 5 rings (SSSR count). The first-order chi connectivity index (χ1) is 15.3. The minimum absolute atomic E-state index is 0.911. The Balaban J connectivity index is 1.37. The van der Waals surface area contributed by atoms with Gasteiger partial charge in [-0.05, 0) is 53.8 Å². The summed E-state index contributed by atoms with van der Waals surface area (Å²) in [6.07, 6.45) is 5.98. The number of benzene rings is 2. The zero-order chi connectivity index (χ0) is 21.0. The van der Waals surface area contributed by atoms with Crippen molar-refractivity contribution in [3.8, 4) is 10.4 Å². The number of rotatable bonds is 8. The molecule has 0 radical (unpaired) electrons. The SMILES string of the molecule is CSCCNCc1ccc(-c2cc3nccc(Nc4ccc5[nH]ccc5c4)c3s2)cc1. The quantitative estimate of drug-likeness (QED) is 0.235. The average molecular weight is 445 g/mol. The third-order valence-electron chi connectivity index (χ3n) is 5.29. The van der Waals surface area contributed by atoms with Crippen molar-refractivity contribution >= 4 is 55.6 Å². The zero-order valence-electron chi connectivity index (χ0n) is 17.3. The van der Waals surface area contributed by atoms with Gasteiger partial charge >= 0.3 is 0 Å². The molecule has 0 amide bonds. The maximum atomic E-state index is 4.60. The summed E-state index contributed by atoms with van der Waals surface area (Å²) >= 11 is 3.65. The molecule has 3 heterocycles. The highest BCUT2D eigenvalue weighted by Gasteiger charge is 2.10. The Morgan fingerprint density at radius 2 is 1.94 bits per heavy atom. The number of thioether (sulfide) groups is 1. The first kappa shape index (κ1) is 20.1. The smallest absolute Gasteiger partial charge is 0.0837 e. The van der Waals surface area contributed by atoms with Crippen LogP contribution in [-0.2, 0) is 6.54 Å². The average Bonchev–Trinajstić information content (AvgIpc) is 3.44. The van der Waals surface area contributed by atoms with E-state index in [0.29, 0.717) is 0 Å². The van der Waals surface area contributed by atoms with Gasteiger partial charge in [-0.3, -0.25) is 4.98 Å². The number of nitrogens with zero attached hydrogens (tertiary/aromatic N) is 1. The van der Waals surface area contributed by atoms with Gasteiger partial charge in [0.15, 0.2) is 0 Å².